The Hall–Kier alpha value is -2.65. The van der Waals surface area contributed by atoms with Crippen LogP contribution >= 0.6 is 0 Å². The van der Waals surface area contributed by atoms with Gasteiger partial charge in [0.2, 0.25) is 5.88 Å². The van der Waals surface area contributed by atoms with E-state index in [1.165, 1.54) is 11.1 Å². The largest absolute Gasteiger partial charge is 0.476 e. The van der Waals surface area contributed by atoms with Crippen molar-refractivity contribution in [3.05, 3.63) is 72.3 Å². The van der Waals surface area contributed by atoms with Crippen LogP contribution in [0.1, 0.15) is 5.56 Å². The van der Waals surface area contributed by atoms with E-state index in [1.807, 2.05) is 6.07 Å². The molecule has 1 aliphatic heterocycles. The van der Waals surface area contributed by atoms with Gasteiger partial charge in [-0.25, -0.2) is 4.98 Å². The monoisotopic (exact) mass is 302 g/mol. The molecule has 0 saturated carbocycles. The van der Waals surface area contributed by atoms with Crippen molar-refractivity contribution in [1.29, 1.82) is 0 Å². The summed E-state index contributed by atoms with van der Waals surface area (Å²) in [7, 11) is 0. The number of hydrogen-bond donors (Lipinski definition) is 1. The van der Waals surface area contributed by atoms with E-state index in [-0.39, 0.29) is 0 Å². The normalized spacial score (nSPS) is 13.7. The number of benzene rings is 2. The van der Waals surface area contributed by atoms with E-state index in [1.54, 1.807) is 0 Å². The molecule has 1 aliphatic rings. The molecule has 0 fully saturated rings. The quantitative estimate of drug-likeness (QED) is 0.779. The number of hydrogen-bond acceptors (Lipinski definition) is 3. The predicted molar refractivity (Wildman–Crippen MR) is 92.3 cm³/mol. The molecule has 0 bridgehead atoms. The summed E-state index contributed by atoms with van der Waals surface area (Å²) in [4.78, 5) is 4.72. The van der Waals surface area contributed by atoms with E-state index in [9.17, 15) is 0 Å². The molecule has 0 aliphatic carbocycles. The standard InChI is InChI=1S/C20H18N2O/c1-2-5-15(6-3-1)16-7-4-8-17(13-16)19-10-9-18-14-21-11-12-23-20(18)22-19/h1-10,13,21H,11-12,14H2. The van der Waals surface area contributed by atoms with Gasteiger partial charge in [-0.3, -0.25) is 0 Å². The topological polar surface area (TPSA) is 34.1 Å². The van der Waals surface area contributed by atoms with Gasteiger partial charge in [-0.2, -0.15) is 0 Å². The van der Waals surface area contributed by atoms with Gasteiger partial charge in [0.25, 0.3) is 0 Å². The van der Waals surface area contributed by atoms with Gasteiger partial charge >= 0.3 is 0 Å². The van der Waals surface area contributed by atoms with Crippen molar-refractivity contribution in [2.75, 3.05) is 13.2 Å². The Morgan fingerprint density at radius 1 is 0.826 bits per heavy atom. The maximum Gasteiger partial charge on any atom is 0.218 e. The lowest BCUT2D eigenvalue weighted by molar-refractivity contribution is 0.314. The van der Waals surface area contributed by atoms with Crippen molar-refractivity contribution < 1.29 is 4.74 Å². The number of nitrogens with one attached hydrogen (secondary N) is 1. The molecule has 0 radical (unpaired) electrons. The zero-order chi connectivity index (χ0) is 15.5. The second-order valence-electron chi connectivity index (χ2n) is 5.63. The molecule has 1 aromatic heterocycles. The summed E-state index contributed by atoms with van der Waals surface area (Å²) in [5.74, 6) is 0.748. The minimum atomic E-state index is 0.660. The van der Waals surface area contributed by atoms with Crippen LogP contribution in [0.3, 0.4) is 0 Å². The molecule has 0 unspecified atom stereocenters. The molecule has 3 aromatic rings. The number of aromatic nitrogens is 1. The average molecular weight is 302 g/mol. The Morgan fingerprint density at radius 3 is 2.57 bits per heavy atom. The number of pyridine rings is 1. The second-order valence-corrected chi connectivity index (χ2v) is 5.63. The van der Waals surface area contributed by atoms with Gasteiger partial charge in [-0.1, -0.05) is 54.6 Å². The molecule has 0 spiro atoms. The number of fused-ring (bicyclic) bond motifs is 1. The van der Waals surface area contributed by atoms with Gasteiger partial charge < -0.3 is 10.1 Å². The van der Waals surface area contributed by atoms with Crippen LogP contribution in [0.15, 0.2) is 66.7 Å². The van der Waals surface area contributed by atoms with Gasteiger partial charge in [0.05, 0.1) is 5.69 Å². The zero-order valence-electron chi connectivity index (χ0n) is 12.8. The summed E-state index contributed by atoms with van der Waals surface area (Å²) < 4.78 is 5.75. The first kappa shape index (κ1) is 14.0. The maximum absolute atomic E-state index is 5.75. The number of rotatable bonds is 2. The third-order valence-electron chi connectivity index (χ3n) is 4.04. The van der Waals surface area contributed by atoms with Gasteiger partial charge in [0.1, 0.15) is 6.61 Å². The summed E-state index contributed by atoms with van der Waals surface area (Å²) in [6, 6.07) is 23.0. The fourth-order valence-electron chi connectivity index (χ4n) is 2.82. The highest BCUT2D eigenvalue weighted by molar-refractivity contribution is 5.71. The minimum Gasteiger partial charge on any atom is -0.476 e. The first-order valence-corrected chi connectivity index (χ1v) is 7.89. The summed E-state index contributed by atoms with van der Waals surface area (Å²) in [6.07, 6.45) is 0. The van der Waals surface area contributed by atoms with Crippen molar-refractivity contribution in [3.63, 3.8) is 0 Å². The smallest absolute Gasteiger partial charge is 0.218 e. The highest BCUT2D eigenvalue weighted by Gasteiger charge is 2.11. The van der Waals surface area contributed by atoms with E-state index >= 15 is 0 Å². The minimum absolute atomic E-state index is 0.660. The summed E-state index contributed by atoms with van der Waals surface area (Å²) in [5.41, 5.74) is 5.58. The molecular formula is C20H18N2O. The van der Waals surface area contributed by atoms with Gasteiger partial charge in [-0.05, 0) is 23.3 Å². The highest BCUT2D eigenvalue weighted by Crippen LogP contribution is 2.28. The SMILES string of the molecule is c1ccc(-c2cccc(-c3ccc4c(n3)OCCNC4)c2)cc1. The zero-order valence-corrected chi connectivity index (χ0v) is 12.8. The third kappa shape index (κ3) is 2.96. The molecule has 114 valence electrons. The summed E-state index contributed by atoms with van der Waals surface area (Å²) >= 11 is 0. The van der Waals surface area contributed by atoms with E-state index in [0.29, 0.717) is 6.61 Å². The lowest BCUT2D eigenvalue weighted by atomic mass is 10.0. The van der Waals surface area contributed by atoms with Crippen LogP contribution in [0, 0.1) is 0 Å². The van der Waals surface area contributed by atoms with Crippen molar-refractivity contribution in [3.8, 4) is 28.3 Å². The number of ether oxygens (including phenoxy) is 1. The molecular weight excluding hydrogens is 284 g/mol. The lowest BCUT2D eigenvalue weighted by Crippen LogP contribution is -2.16. The fraction of sp³-hybridized carbons (Fsp3) is 0.150. The van der Waals surface area contributed by atoms with Crippen molar-refractivity contribution in [2.45, 2.75) is 6.54 Å². The Morgan fingerprint density at radius 2 is 1.65 bits per heavy atom. The van der Waals surface area contributed by atoms with Crippen LogP contribution in [-0.2, 0) is 6.54 Å². The van der Waals surface area contributed by atoms with Crippen molar-refractivity contribution in [2.24, 2.45) is 0 Å². The van der Waals surface area contributed by atoms with E-state index in [4.69, 9.17) is 9.72 Å². The first-order valence-electron chi connectivity index (χ1n) is 7.89. The van der Waals surface area contributed by atoms with Gasteiger partial charge in [-0.15, -0.1) is 0 Å². The second kappa shape index (κ2) is 6.23. The predicted octanol–water partition coefficient (Wildman–Crippen LogP) is 3.90. The van der Waals surface area contributed by atoms with Crippen molar-refractivity contribution in [1.82, 2.24) is 10.3 Å². The fourth-order valence-corrected chi connectivity index (χ4v) is 2.82. The van der Waals surface area contributed by atoms with E-state index in [2.05, 4.69) is 66.0 Å². The van der Waals surface area contributed by atoms with Crippen LogP contribution in [0.5, 0.6) is 5.88 Å². The molecule has 0 amide bonds. The molecule has 0 saturated heterocycles. The number of nitrogens with zero attached hydrogens (tertiary/aromatic N) is 1. The Balaban J connectivity index is 1.72. The maximum atomic E-state index is 5.75. The van der Waals surface area contributed by atoms with Gasteiger partial charge in [0, 0.05) is 24.2 Å². The Labute approximate surface area is 136 Å². The molecule has 3 nitrogen and oxygen atoms in total. The molecule has 1 N–H and O–H groups in total. The summed E-state index contributed by atoms with van der Waals surface area (Å²) in [5, 5.41) is 3.33. The van der Waals surface area contributed by atoms with Crippen molar-refractivity contribution >= 4 is 0 Å². The van der Waals surface area contributed by atoms with E-state index in [0.717, 1.165) is 35.8 Å². The summed E-state index contributed by atoms with van der Waals surface area (Å²) in [6.45, 7) is 2.33. The Kier molecular flexibility index (Phi) is 3.78. The van der Waals surface area contributed by atoms with Crippen LogP contribution in [0.4, 0.5) is 0 Å². The van der Waals surface area contributed by atoms with E-state index < -0.39 is 0 Å². The lowest BCUT2D eigenvalue weighted by Gasteiger charge is -2.09. The molecule has 2 aromatic carbocycles. The molecule has 23 heavy (non-hydrogen) atoms. The molecule has 3 heteroatoms. The first-order chi connectivity index (χ1) is 11.4. The Bertz CT molecular complexity index is 815. The molecule has 0 atom stereocenters. The molecule has 2 heterocycles. The van der Waals surface area contributed by atoms with Crippen LogP contribution in [0.25, 0.3) is 22.4 Å². The highest BCUT2D eigenvalue weighted by atomic mass is 16.5. The molecule has 4 rings (SSSR count). The van der Waals surface area contributed by atoms with Crippen LogP contribution in [0.2, 0.25) is 0 Å². The third-order valence-corrected chi connectivity index (χ3v) is 4.04. The van der Waals surface area contributed by atoms with Crippen LogP contribution in [-0.4, -0.2) is 18.1 Å². The van der Waals surface area contributed by atoms with Gasteiger partial charge in [0.15, 0.2) is 0 Å². The van der Waals surface area contributed by atoms with Crippen LogP contribution < -0.4 is 10.1 Å². The average Bonchev–Trinajstić information content (AvgIpc) is 2.87.